The Hall–Kier alpha value is -2.99. The molecule has 2 aromatic rings. The van der Waals surface area contributed by atoms with Crippen molar-refractivity contribution in [1.82, 2.24) is 5.32 Å². The predicted octanol–water partition coefficient (Wildman–Crippen LogP) is 4.07. The fourth-order valence-electron chi connectivity index (χ4n) is 3.10. The van der Waals surface area contributed by atoms with Crippen molar-refractivity contribution in [3.8, 4) is 5.75 Å². The molecule has 1 atom stereocenters. The number of nitrogens with one attached hydrogen (secondary N) is 1. The second-order valence-corrected chi connectivity index (χ2v) is 6.34. The highest BCUT2D eigenvalue weighted by molar-refractivity contribution is 6.31. The van der Waals surface area contributed by atoms with Crippen molar-refractivity contribution in [2.75, 3.05) is 19.1 Å². The summed E-state index contributed by atoms with van der Waals surface area (Å²) in [5.41, 5.74) is 2.02. The Morgan fingerprint density at radius 2 is 1.78 bits per heavy atom. The molecule has 2 amide bonds. The number of methoxy groups -OCH3 is 2. The van der Waals surface area contributed by atoms with Gasteiger partial charge >= 0.3 is 12.0 Å². The van der Waals surface area contributed by atoms with Gasteiger partial charge in [0.15, 0.2) is 0 Å². The molecule has 1 N–H and O–H groups in total. The van der Waals surface area contributed by atoms with Gasteiger partial charge < -0.3 is 14.8 Å². The van der Waals surface area contributed by atoms with Crippen molar-refractivity contribution in [2.24, 2.45) is 0 Å². The van der Waals surface area contributed by atoms with Gasteiger partial charge in [-0.3, -0.25) is 4.90 Å². The number of hydrogen-bond donors (Lipinski definition) is 1. The van der Waals surface area contributed by atoms with Crippen LogP contribution in [-0.2, 0) is 9.53 Å². The highest BCUT2D eigenvalue weighted by atomic mass is 35.5. The first-order chi connectivity index (χ1) is 13.0. The maximum Gasteiger partial charge on any atom is 0.337 e. The van der Waals surface area contributed by atoms with Crippen molar-refractivity contribution in [2.45, 2.75) is 13.0 Å². The quantitative estimate of drug-likeness (QED) is 0.804. The minimum Gasteiger partial charge on any atom is -0.497 e. The van der Waals surface area contributed by atoms with Gasteiger partial charge in [-0.25, -0.2) is 9.59 Å². The first-order valence-corrected chi connectivity index (χ1v) is 8.64. The summed E-state index contributed by atoms with van der Waals surface area (Å²) in [5.74, 6) is 0.135. The molecule has 1 aliphatic rings. The van der Waals surface area contributed by atoms with Crippen LogP contribution in [0, 0.1) is 0 Å². The Morgan fingerprint density at radius 3 is 2.37 bits per heavy atom. The molecule has 0 fully saturated rings. The summed E-state index contributed by atoms with van der Waals surface area (Å²) in [7, 11) is 2.87. The van der Waals surface area contributed by atoms with E-state index >= 15 is 0 Å². The number of allylic oxidation sites excluding steroid dienone is 1. The molecule has 6 nitrogen and oxygen atoms in total. The van der Waals surface area contributed by atoms with Gasteiger partial charge in [0.1, 0.15) is 5.75 Å². The Labute approximate surface area is 162 Å². The highest BCUT2D eigenvalue weighted by Gasteiger charge is 2.37. The second kappa shape index (κ2) is 7.72. The number of carbonyl (C=O) groups excluding carboxylic acids is 2. The summed E-state index contributed by atoms with van der Waals surface area (Å²) in [6.07, 6.45) is 0. The Kier molecular flexibility index (Phi) is 5.37. The van der Waals surface area contributed by atoms with E-state index in [0.29, 0.717) is 33.3 Å². The summed E-state index contributed by atoms with van der Waals surface area (Å²) in [6, 6.07) is 13.0. The topological polar surface area (TPSA) is 67.9 Å². The van der Waals surface area contributed by atoms with Crippen LogP contribution in [0.15, 0.2) is 59.8 Å². The van der Waals surface area contributed by atoms with Crippen molar-refractivity contribution in [3.05, 3.63) is 70.4 Å². The highest BCUT2D eigenvalue weighted by Crippen LogP contribution is 2.36. The molecule has 0 radical (unpaired) electrons. The van der Waals surface area contributed by atoms with Crippen molar-refractivity contribution < 1.29 is 19.1 Å². The third kappa shape index (κ3) is 3.48. The van der Waals surface area contributed by atoms with E-state index in [0.717, 1.165) is 0 Å². The number of esters is 1. The molecule has 27 heavy (non-hydrogen) atoms. The number of halogens is 1. The number of hydrogen-bond acceptors (Lipinski definition) is 4. The largest absolute Gasteiger partial charge is 0.497 e. The standard InChI is InChI=1S/C20H19ClN2O4/c1-12-17(19(24)27-3)18(15-6-4-5-7-16(15)21)22-20(25)23(12)13-8-10-14(26-2)11-9-13/h4-11,18H,1-3H3,(H,22,25). The van der Waals surface area contributed by atoms with Crippen LogP contribution in [0.3, 0.4) is 0 Å². The number of amides is 2. The number of carbonyl (C=O) groups is 2. The van der Waals surface area contributed by atoms with Gasteiger partial charge in [-0.1, -0.05) is 29.8 Å². The molecule has 0 aromatic heterocycles. The molecule has 1 unspecified atom stereocenters. The number of benzene rings is 2. The lowest BCUT2D eigenvalue weighted by atomic mass is 9.94. The molecule has 3 rings (SSSR count). The van der Waals surface area contributed by atoms with E-state index in [1.807, 2.05) is 0 Å². The molecule has 0 bridgehead atoms. The van der Waals surface area contributed by atoms with Gasteiger partial charge in [0.2, 0.25) is 0 Å². The normalized spacial score (nSPS) is 16.8. The van der Waals surface area contributed by atoms with E-state index in [4.69, 9.17) is 21.1 Å². The van der Waals surface area contributed by atoms with E-state index in [9.17, 15) is 9.59 Å². The Balaban J connectivity index is 2.13. The molecule has 140 valence electrons. The third-order valence-corrected chi connectivity index (χ3v) is 4.78. The van der Waals surface area contributed by atoms with Crippen LogP contribution < -0.4 is 15.0 Å². The molecule has 0 saturated carbocycles. The van der Waals surface area contributed by atoms with Gasteiger partial charge in [-0.2, -0.15) is 0 Å². The van der Waals surface area contributed by atoms with E-state index in [1.165, 1.54) is 12.0 Å². The molecule has 1 heterocycles. The van der Waals surface area contributed by atoms with E-state index in [-0.39, 0.29) is 6.03 Å². The molecule has 0 saturated heterocycles. The smallest absolute Gasteiger partial charge is 0.337 e. The monoisotopic (exact) mass is 386 g/mol. The number of ether oxygens (including phenoxy) is 2. The second-order valence-electron chi connectivity index (χ2n) is 5.93. The number of anilines is 1. The third-order valence-electron chi connectivity index (χ3n) is 4.44. The van der Waals surface area contributed by atoms with Gasteiger partial charge in [-0.05, 0) is 42.8 Å². The van der Waals surface area contributed by atoms with E-state index in [1.54, 1.807) is 62.6 Å². The number of nitrogens with zero attached hydrogens (tertiary/aromatic N) is 1. The molecular formula is C20H19ClN2O4. The lowest BCUT2D eigenvalue weighted by Crippen LogP contribution is -2.48. The van der Waals surface area contributed by atoms with Gasteiger partial charge in [0.05, 0.1) is 31.5 Å². The maximum atomic E-state index is 12.9. The average Bonchev–Trinajstić information content (AvgIpc) is 2.68. The molecule has 7 heteroatoms. The lowest BCUT2D eigenvalue weighted by molar-refractivity contribution is -0.136. The van der Waals surface area contributed by atoms with Gasteiger partial charge in [-0.15, -0.1) is 0 Å². The zero-order valence-corrected chi connectivity index (χ0v) is 15.9. The SMILES string of the molecule is COC(=O)C1=C(C)N(c2ccc(OC)cc2)C(=O)NC1c1ccccc1Cl. The van der Waals surface area contributed by atoms with Gasteiger partial charge in [0.25, 0.3) is 0 Å². The van der Waals surface area contributed by atoms with Crippen LogP contribution in [0.1, 0.15) is 18.5 Å². The van der Waals surface area contributed by atoms with Crippen LogP contribution in [-0.4, -0.2) is 26.2 Å². The Bertz CT molecular complexity index is 908. The predicted molar refractivity (Wildman–Crippen MR) is 103 cm³/mol. The van der Waals surface area contributed by atoms with Crippen molar-refractivity contribution >= 4 is 29.3 Å². The van der Waals surface area contributed by atoms with Gasteiger partial charge in [0, 0.05) is 10.7 Å². The first-order valence-electron chi connectivity index (χ1n) is 8.26. The molecule has 1 aliphatic heterocycles. The van der Waals surface area contributed by atoms with Crippen LogP contribution in [0.5, 0.6) is 5.75 Å². The van der Waals surface area contributed by atoms with E-state index in [2.05, 4.69) is 5.32 Å². The van der Waals surface area contributed by atoms with Crippen LogP contribution in [0.25, 0.3) is 0 Å². The lowest BCUT2D eigenvalue weighted by Gasteiger charge is -2.35. The van der Waals surface area contributed by atoms with Crippen LogP contribution in [0.2, 0.25) is 5.02 Å². The van der Waals surface area contributed by atoms with Crippen LogP contribution >= 0.6 is 11.6 Å². The molecular weight excluding hydrogens is 368 g/mol. The number of rotatable bonds is 4. The summed E-state index contributed by atoms with van der Waals surface area (Å²) >= 11 is 6.30. The van der Waals surface area contributed by atoms with E-state index < -0.39 is 12.0 Å². The summed E-state index contributed by atoms with van der Waals surface area (Å²) in [5, 5.41) is 3.31. The van der Waals surface area contributed by atoms with Crippen molar-refractivity contribution in [3.63, 3.8) is 0 Å². The number of urea groups is 1. The minimum atomic E-state index is -0.701. The molecule has 0 spiro atoms. The summed E-state index contributed by atoms with van der Waals surface area (Å²) in [6.45, 7) is 1.71. The molecule has 2 aromatic carbocycles. The minimum absolute atomic E-state index is 0.320. The first kappa shape index (κ1) is 18.8. The average molecular weight is 387 g/mol. The van der Waals surface area contributed by atoms with Crippen molar-refractivity contribution in [1.29, 1.82) is 0 Å². The van der Waals surface area contributed by atoms with Crippen LogP contribution in [0.4, 0.5) is 10.5 Å². The zero-order chi connectivity index (χ0) is 19.6. The molecule has 0 aliphatic carbocycles. The zero-order valence-electron chi connectivity index (χ0n) is 15.2. The summed E-state index contributed by atoms with van der Waals surface area (Å²) in [4.78, 5) is 26.8. The summed E-state index contributed by atoms with van der Waals surface area (Å²) < 4.78 is 10.1. The maximum absolute atomic E-state index is 12.9. The Morgan fingerprint density at radius 1 is 1.11 bits per heavy atom. The fraction of sp³-hybridized carbons (Fsp3) is 0.200. The fourth-order valence-corrected chi connectivity index (χ4v) is 3.35.